The Morgan fingerprint density at radius 1 is 1.22 bits per heavy atom. The predicted octanol–water partition coefficient (Wildman–Crippen LogP) is 1.75. The third kappa shape index (κ3) is 2.88. The summed E-state index contributed by atoms with van der Waals surface area (Å²) in [4.78, 5) is 4.69. The Labute approximate surface area is 109 Å². The van der Waals surface area contributed by atoms with Crippen molar-refractivity contribution in [1.29, 1.82) is 0 Å². The van der Waals surface area contributed by atoms with Crippen LogP contribution in [-0.2, 0) is 0 Å². The number of piperazine rings is 1. The maximum absolute atomic E-state index is 9.98. The third-order valence-corrected chi connectivity index (χ3v) is 3.38. The van der Waals surface area contributed by atoms with Gasteiger partial charge < -0.3 is 15.7 Å². The van der Waals surface area contributed by atoms with Gasteiger partial charge in [-0.3, -0.25) is 4.90 Å². The van der Waals surface area contributed by atoms with Crippen molar-refractivity contribution >= 4 is 11.4 Å². The first-order valence-electron chi connectivity index (χ1n) is 6.62. The number of benzene rings is 1. The van der Waals surface area contributed by atoms with Gasteiger partial charge in [0.15, 0.2) is 5.75 Å². The average Bonchev–Trinajstić information content (AvgIpc) is 2.33. The number of nitrogens with two attached hydrogens (primary N) is 1. The number of nitrogens with zero attached hydrogens (tertiary/aromatic N) is 2. The van der Waals surface area contributed by atoms with Gasteiger partial charge in [0, 0.05) is 32.7 Å². The van der Waals surface area contributed by atoms with Crippen LogP contribution < -0.4 is 10.6 Å². The Bertz CT molecular complexity index is 398. The fraction of sp³-hybridized carbons (Fsp3) is 0.571. The zero-order chi connectivity index (χ0) is 13.1. The van der Waals surface area contributed by atoms with E-state index in [4.69, 9.17) is 5.73 Å². The first kappa shape index (κ1) is 13.0. The summed E-state index contributed by atoms with van der Waals surface area (Å²) in [5.74, 6) is 0.923. The molecule has 1 saturated heterocycles. The molecule has 1 aliphatic rings. The second-order valence-electron chi connectivity index (χ2n) is 5.40. The van der Waals surface area contributed by atoms with Gasteiger partial charge in [0.05, 0.1) is 11.4 Å². The van der Waals surface area contributed by atoms with Crippen molar-refractivity contribution in [2.45, 2.75) is 13.8 Å². The Kier molecular flexibility index (Phi) is 3.97. The number of anilines is 2. The van der Waals surface area contributed by atoms with E-state index < -0.39 is 0 Å². The summed E-state index contributed by atoms with van der Waals surface area (Å²) in [5, 5.41) is 9.98. The fourth-order valence-electron chi connectivity index (χ4n) is 2.49. The van der Waals surface area contributed by atoms with Crippen molar-refractivity contribution in [3.05, 3.63) is 18.2 Å². The molecule has 3 N–H and O–H groups in total. The van der Waals surface area contributed by atoms with Crippen LogP contribution in [0, 0.1) is 5.92 Å². The van der Waals surface area contributed by atoms with E-state index in [1.165, 1.54) is 0 Å². The van der Waals surface area contributed by atoms with Crippen LogP contribution in [0.2, 0.25) is 0 Å². The molecule has 0 saturated carbocycles. The lowest BCUT2D eigenvalue weighted by Gasteiger charge is -2.37. The normalized spacial score (nSPS) is 17.4. The van der Waals surface area contributed by atoms with Crippen molar-refractivity contribution < 1.29 is 5.11 Å². The molecule has 1 fully saturated rings. The molecule has 18 heavy (non-hydrogen) atoms. The smallest absolute Gasteiger partial charge is 0.162 e. The van der Waals surface area contributed by atoms with Crippen LogP contribution in [0.5, 0.6) is 5.75 Å². The molecule has 0 atom stereocenters. The number of phenols is 1. The second-order valence-corrected chi connectivity index (χ2v) is 5.40. The van der Waals surface area contributed by atoms with Crippen molar-refractivity contribution in [2.24, 2.45) is 5.92 Å². The Hall–Kier alpha value is -1.42. The minimum Gasteiger partial charge on any atom is -0.504 e. The summed E-state index contributed by atoms with van der Waals surface area (Å²) in [6.07, 6.45) is 0. The van der Waals surface area contributed by atoms with Gasteiger partial charge in [-0.1, -0.05) is 19.9 Å². The van der Waals surface area contributed by atoms with Gasteiger partial charge in [0.2, 0.25) is 0 Å². The van der Waals surface area contributed by atoms with Gasteiger partial charge in [-0.25, -0.2) is 0 Å². The van der Waals surface area contributed by atoms with E-state index in [2.05, 4.69) is 23.6 Å². The summed E-state index contributed by atoms with van der Waals surface area (Å²) < 4.78 is 0. The van der Waals surface area contributed by atoms with E-state index in [1.807, 2.05) is 12.1 Å². The molecule has 0 amide bonds. The number of nitrogen functional groups attached to an aromatic ring is 1. The molecule has 0 unspecified atom stereocenters. The molecule has 4 heteroatoms. The molecule has 0 spiro atoms. The first-order chi connectivity index (χ1) is 8.58. The summed E-state index contributed by atoms with van der Waals surface area (Å²) in [5.41, 5.74) is 7.05. The van der Waals surface area contributed by atoms with Gasteiger partial charge >= 0.3 is 0 Å². The van der Waals surface area contributed by atoms with Crippen molar-refractivity contribution in [3.63, 3.8) is 0 Å². The molecule has 0 aromatic heterocycles. The highest BCUT2D eigenvalue weighted by Gasteiger charge is 2.20. The van der Waals surface area contributed by atoms with Crippen LogP contribution in [0.4, 0.5) is 11.4 Å². The number of aromatic hydroxyl groups is 1. The van der Waals surface area contributed by atoms with E-state index in [1.54, 1.807) is 6.07 Å². The van der Waals surface area contributed by atoms with Gasteiger partial charge in [-0.15, -0.1) is 0 Å². The molecule has 0 aliphatic carbocycles. The third-order valence-electron chi connectivity index (χ3n) is 3.38. The molecule has 0 radical (unpaired) electrons. The monoisotopic (exact) mass is 249 g/mol. The van der Waals surface area contributed by atoms with Gasteiger partial charge in [-0.2, -0.15) is 0 Å². The highest BCUT2D eigenvalue weighted by Crippen LogP contribution is 2.32. The highest BCUT2D eigenvalue weighted by atomic mass is 16.3. The largest absolute Gasteiger partial charge is 0.504 e. The SMILES string of the molecule is CC(C)CN1CCN(c2cccc(N)c2O)CC1. The van der Waals surface area contributed by atoms with Crippen LogP contribution in [-0.4, -0.2) is 42.7 Å². The summed E-state index contributed by atoms with van der Waals surface area (Å²) in [6.45, 7) is 9.63. The van der Waals surface area contributed by atoms with Crippen LogP contribution in [0.15, 0.2) is 18.2 Å². The van der Waals surface area contributed by atoms with E-state index in [9.17, 15) is 5.11 Å². The molecule has 100 valence electrons. The van der Waals surface area contributed by atoms with Gasteiger partial charge in [0.25, 0.3) is 0 Å². The molecule has 2 rings (SSSR count). The fourth-order valence-corrected chi connectivity index (χ4v) is 2.49. The minimum absolute atomic E-state index is 0.217. The molecule has 1 heterocycles. The number of rotatable bonds is 3. The molecule has 1 aromatic carbocycles. The zero-order valence-corrected chi connectivity index (χ0v) is 11.3. The maximum Gasteiger partial charge on any atom is 0.162 e. The number of phenolic OH excluding ortho intramolecular Hbond substituents is 1. The maximum atomic E-state index is 9.98. The Morgan fingerprint density at radius 3 is 2.50 bits per heavy atom. The van der Waals surface area contributed by atoms with E-state index in [0.29, 0.717) is 11.6 Å². The quantitative estimate of drug-likeness (QED) is 0.633. The van der Waals surface area contributed by atoms with Crippen molar-refractivity contribution in [1.82, 2.24) is 4.90 Å². The second kappa shape index (κ2) is 5.48. The molecular weight excluding hydrogens is 226 g/mol. The average molecular weight is 249 g/mol. The topological polar surface area (TPSA) is 52.7 Å². The zero-order valence-electron chi connectivity index (χ0n) is 11.3. The van der Waals surface area contributed by atoms with Crippen LogP contribution in [0.1, 0.15) is 13.8 Å². The van der Waals surface area contributed by atoms with E-state index >= 15 is 0 Å². The minimum atomic E-state index is 0.217. The highest BCUT2D eigenvalue weighted by molar-refractivity contribution is 5.69. The van der Waals surface area contributed by atoms with Crippen LogP contribution in [0.3, 0.4) is 0 Å². The summed E-state index contributed by atoms with van der Waals surface area (Å²) in [7, 11) is 0. The molecule has 4 nitrogen and oxygen atoms in total. The molecule has 1 aromatic rings. The first-order valence-corrected chi connectivity index (χ1v) is 6.62. The van der Waals surface area contributed by atoms with E-state index in [-0.39, 0.29) is 5.75 Å². The number of para-hydroxylation sites is 1. The summed E-state index contributed by atoms with van der Waals surface area (Å²) in [6, 6.07) is 5.56. The Morgan fingerprint density at radius 2 is 1.89 bits per heavy atom. The Balaban J connectivity index is 1.99. The lowest BCUT2D eigenvalue weighted by atomic mass is 10.1. The van der Waals surface area contributed by atoms with Gasteiger partial charge in [-0.05, 0) is 18.1 Å². The standard InChI is InChI=1S/C14H23N3O/c1-11(2)10-16-6-8-17(9-7-16)13-5-3-4-12(15)14(13)18/h3-5,11,18H,6-10,15H2,1-2H3. The predicted molar refractivity (Wildman–Crippen MR) is 76.0 cm³/mol. The molecule has 0 bridgehead atoms. The number of hydrogen-bond donors (Lipinski definition) is 2. The van der Waals surface area contributed by atoms with Crippen LogP contribution in [0.25, 0.3) is 0 Å². The molecular formula is C14H23N3O. The van der Waals surface area contributed by atoms with E-state index in [0.717, 1.165) is 38.4 Å². The summed E-state index contributed by atoms with van der Waals surface area (Å²) >= 11 is 0. The van der Waals surface area contributed by atoms with Gasteiger partial charge in [0.1, 0.15) is 0 Å². The van der Waals surface area contributed by atoms with Crippen molar-refractivity contribution in [2.75, 3.05) is 43.4 Å². The van der Waals surface area contributed by atoms with Crippen LogP contribution >= 0.6 is 0 Å². The molecule has 1 aliphatic heterocycles. The number of hydrogen-bond acceptors (Lipinski definition) is 4. The lowest BCUT2D eigenvalue weighted by molar-refractivity contribution is 0.231. The lowest BCUT2D eigenvalue weighted by Crippen LogP contribution is -2.47. The van der Waals surface area contributed by atoms with Crippen molar-refractivity contribution in [3.8, 4) is 5.75 Å².